The quantitative estimate of drug-likeness (QED) is 0.747. The summed E-state index contributed by atoms with van der Waals surface area (Å²) < 4.78 is 5.85. The highest BCUT2D eigenvalue weighted by Gasteiger charge is 2.32. The third-order valence-corrected chi connectivity index (χ3v) is 5.86. The third-order valence-electron chi connectivity index (χ3n) is 5.86. The number of amides is 3. The molecule has 1 aliphatic heterocycles. The minimum Gasteiger partial charge on any atom is -0.472 e. The number of carbonyl (C=O) groups is 2. The van der Waals surface area contributed by atoms with Gasteiger partial charge in [0, 0.05) is 37.2 Å². The molecule has 32 heavy (non-hydrogen) atoms. The Labute approximate surface area is 187 Å². The highest BCUT2D eigenvalue weighted by atomic mass is 16.5. The van der Waals surface area contributed by atoms with E-state index in [9.17, 15) is 9.59 Å². The largest absolute Gasteiger partial charge is 0.472 e. The van der Waals surface area contributed by atoms with Crippen LogP contribution in [0.3, 0.4) is 0 Å². The molecule has 4 rings (SSSR count). The average Bonchev–Trinajstić information content (AvgIpc) is 3.16. The number of nitrogens with one attached hydrogen (secondary N) is 1. The monoisotopic (exact) mass is 434 g/mol. The van der Waals surface area contributed by atoms with Crippen LogP contribution in [0.1, 0.15) is 36.9 Å². The summed E-state index contributed by atoms with van der Waals surface area (Å²) in [5.74, 6) is 0.113. The number of benzene rings is 1. The topological polar surface area (TPSA) is 111 Å². The van der Waals surface area contributed by atoms with Crippen LogP contribution in [-0.2, 0) is 4.79 Å². The van der Waals surface area contributed by atoms with Gasteiger partial charge in [0.05, 0.1) is 0 Å². The van der Waals surface area contributed by atoms with Crippen LogP contribution in [0.15, 0.2) is 36.7 Å². The predicted octanol–water partition coefficient (Wildman–Crippen LogP) is 2.41. The summed E-state index contributed by atoms with van der Waals surface area (Å²) in [6.07, 6.45) is 5.93. The van der Waals surface area contributed by atoms with E-state index in [1.165, 1.54) is 12.4 Å². The van der Waals surface area contributed by atoms with Crippen molar-refractivity contribution in [1.82, 2.24) is 20.2 Å². The van der Waals surface area contributed by atoms with Gasteiger partial charge in [-0.2, -0.15) is 5.26 Å². The van der Waals surface area contributed by atoms with E-state index in [4.69, 9.17) is 10.00 Å². The lowest BCUT2D eigenvalue weighted by molar-refractivity contribution is -0.122. The fourth-order valence-corrected chi connectivity index (χ4v) is 4.11. The lowest BCUT2D eigenvalue weighted by Crippen LogP contribution is -2.45. The van der Waals surface area contributed by atoms with Crippen molar-refractivity contribution in [3.8, 4) is 11.9 Å². The molecule has 0 bridgehead atoms. The Morgan fingerprint density at radius 3 is 2.59 bits per heavy atom. The number of ether oxygens (including phenoxy) is 1. The number of aryl methyl sites for hydroxylation is 1. The Hall–Kier alpha value is -3.67. The number of nitrogens with zero attached hydrogens (tertiary/aromatic N) is 5. The van der Waals surface area contributed by atoms with Gasteiger partial charge in [-0.3, -0.25) is 9.69 Å². The van der Waals surface area contributed by atoms with Gasteiger partial charge in [0.1, 0.15) is 18.7 Å². The number of hydrogen-bond acceptors (Lipinski definition) is 6. The molecule has 2 aromatic rings. The van der Waals surface area contributed by atoms with Crippen LogP contribution in [0.2, 0.25) is 0 Å². The fourth-order valence-electron chi connectivity index (χ4n) is 4.11. The maximum Gasteiger partial charge on any atom is 0.325 e. The molecule has 0 radical (unpaired) electrons. The van der Waals surface area contributed by atoms with Crippen molar-refractivity contribution < 1.29 is 14.3 Å². The number of rotatable bonds is 6. The van der Waals surface area contributed by atoms with Crippen molar-refractivity contribution in [1.29, 1.82) is 5.26 Å². The molecule has 1 aromatic carbocycles. The summed E-state index contributed by atoms with van der Waals surface area (Å²) in [6.45, 7) is 3.17. The minimum absolute atomic E-state index is 0.0468. The maximum atomic E-state index is 12.7. The van der Waals surface area contributed by atoms with Gasteiger partial charge < -0.3 is 15.0 Å². The van der Waals surface area contributed by atoms with Crippen molar-refractivity contribution in [2.45, 2.75) is 44.8 Å². The second-order valence-electron chi connectivity index (χ2n) is 8.17. The van der Waals surface area contributed by atoms with Gasteiger partial charge in [-0.15, -0.1) is 0 Å². The summed E-state index contributed by atoms with van der Waals surface area (Å²) in [5.41, 5.74) is 2.17. The zero-order chi connectivity index (χ0) is 22.5. The van der Waals surface area contributed by atoms with E-state index >= 15 is 0 Å². The lowest BCUT2D eigenvalue weighted by Gasteiger charge is -2.29. The smallest absolute Gasteiger partial charge is 0.325 e. The van der Waals surface area contributed by atoms with Crippen molar-refractivity contribution in [3.63, 3.8) is 0 Å². The molecule has 3 amide bonds. The van der Waals surface area contributed by atoms with Crippen LogP contribution in [0, 0.1) is 18.3 Å². The molecule has 2 fully saturated rings. The summed E-state index contributed by atoms with van der Waals surface area (Å²) in [5, 5.41) is 12.2. The molecule has 1 N–H and O–H groups in total. The van der Waals surface area contributed by atoms with Crippen LogP contribution in [0.5, 0.6) is 5.88 Å². The number of nitriles is 1. The summed E-state index contributed by atoms with van der Waals surface area (Å²) in [6, 6.07) is 9.70. The Kier molecular flexibility index (Phi) is 6.50. The van der Waals surface area contributed by atoms with Crippen molar-refractivity contribution >= 4 is 17.6 Å². The molecule has 9 heteroatoms. The number of carbonyl (C=O) groups excluding carboxylic acids is 2. The molecular weight excluding hydrogens is 408 g/mol. The molecule has 166 valence electrons. The normalized spacial score (nSPS) is 20.7. The van der Waals surface area contributed by atoms with Crippen LogP contribution in [0.4, 0.5) is 10.5 Å². The van der Waals surface area contributed by atoms with E-state index in [0.717, 1.165) is 36.9 Å². The zero-order valence-corrected chi connectivity index (χ0v) is 18.0. The number of hydrogen-bond donors (Lipinski definition) is 1. The second kappa shape index (κ2) is 9.64. The predicted molar refractivity (Wildman–Crippen MR) is 117 cm³/mol. The van der Waals surface area contributed by atoms with E-state index in [1.54, 1.807) is 9.80 Å². The van der Waals surface area contributed by atoms with Gasteiger partial charge in [0.15, 0.2) is 0 Å². The Balaban J connectivity index is 1.23. The molecule has 1 aliphatic carbocycles. The van der Waals surface area contributed by atoms with Crippen LogP contribution >= 0.6 is 0 Å². The van der Waals surface area contributed by atoms with Crippen molar-refractivity contribution in [2.24, 2.45) is 0 Å². The minimum atomic E-state index is -0.144. The molecule has 1 aromatic heterocycles. The van der Waals surface area contributed by atoms with E-state index < -0.39 is 0 Å². The molecular formula is C23H26N6O3. The molecule has 0 atom stereocenters. The van der Waals surface area contributed by atoms with Gasteiger partial charge in [0.2, 0.25) is 11.6 Å². The van der Waals surface area contributed by atoms with Gasteiger partial charge in [-0.25, -0.2) is 14.8 Å². The summed E-state index contributed by atoms with van der Waals surface area (Å²) in [4.78, 5) is 36.6. The van der Waals surface area contributed by atoms with E-state index in [1.807, 2.05) is 37.3 Å². The first-order valence-electron chi connectivity index (χ1n) is 10.8. The third kappa shape index (κ3) is 4.97. The van der Waals surface area contributed by atoms with Crippen molar-refractivity contribution in [2.75, 3.05) is 24.5 Å². The number of aromatic nitrogens is 2. The molecule has 2 heterocycles. The first kappa shape index (κ1) is 21.6. The molecule has 9 nitrogen and oxygen atoms in total. The lowest BCUT2D eigenvalue weighted by atomic mass is 9.93. The molecule has 1 saturated carbocycles. The number of anilines is 1. The Morgan fingerprint density at radius 1 is 1.16 bits per heavy atom. The molecule has 0 spiro atoms. The van der Waals surface area contributed by atoms with E-state index in [-0.39, 0.29) is 42.2 Å². The van der Waals surface area contributed by atoms with Gasteiger partial charge in [0.25, 0.3) is 5.88 Å². The Bertz CT molecular complexity index is 1010. The molecule has 1 saturated heterocycles. The van der Waals surface area contributed by atoms with E-state index in [2.05, 4.69) is 15.3 Å². The summed E-state index contributed by atoms with van der Waals surface area (Å²) >= 11 is 0. The first-order chi connectivity index (χ1) is 15.5. The average molecular weight is 435 g/mol. The highest BCUT2D eigenvalue weighted by molar-refractivity contribution is 5.96. The molecule has 0 unspecified atom stereocenters. The highest BCUT2D eigenvalue weighted by Crippen LogP contribution is 2.24. The standard InChI is InChI=1S/C23H26N6O3/c1-16-2-6-18(7-3-16)29-13-12-28(23(29)31)15-21(30)27-17-4-8-19(9-5-17)32-22-20(14-24)25-10-11-26-22/h2-3,6-7,10-11,17,19H,4-5,8-9,12-13,15H2,1H3,(H,27,30). The van der Waals surface area contributed by atoms with Gasteiger partial charge >= 0.3 is 6.03 Å². The zero-order valence-electron chi connectivity index (χ0n) is 18.0. The first-order valence-corrected chi connectivity index (χ1v) is 10.8. The SMILES string of the molecule is Cc1ccc(N2CCN(CC(=O)NC3CCC(Oc4nccnc4C#N)CC3)C2=O)cc1. The van der Waals surface area contributed by atoms with Crippen LogP contribution < -0.4 is 15.0 Å². The molecule has 2 aliphatic rings. The fraction of sp³-hybridized carbons (Fsp3) is 0.435. The Morgan fingerprint density at radius 2 is 1.88 bits per heavy atom. The maximum absolute atomic E-state index is 12.7. The van der Waals surface area contributed by atoms with Crippen molar-refractivity contribution in [3.05, 3.63) is 47.9 Å². The van der Waals surface area contributed by atoms with E-state index in [0.29, 0.717) is 13.1 Å². The second-order valence-corrected chi connectivity index (χ2v) is 8.17. The van der Waals surface area contributed by atoms with Gasteiger partial charge in [-0.1, -0.05) is 17.7 Å². The van der Waals surface area contributed by atoms with Crippen LogP contribution in [0.25, 0.3) is 0 Å². The van der Waals surface area contributed by atoms with Gasteiger partial charge in [-0.05, 0) is 44.7 Å². The number of urea groups is 1. The van der Waals surface area contributed by atoms with Crippen LogP contribution in [-0.4, -0.2) is 58.6 Å². The summed E-state index contributed by atoms with van der Waals surface area (Å²) in [7, 11) is 0.